The van der Waals surface area contributed by atoms with Crippen LogP contribution in [0.25, 0.3) is 6.08 Å². The third-order valence-corrected chi connectivity index (χ3v) is 3.66. The number of aryl methyl sites for hydroxylation is 1. The fourth-order valence-corrected chi connectivity index (χ4v) is 2.44. The van der Waals surface area contributed by atoms with Gasteiger partial charge in [0.25, 0.3) is 0 Å². The molecule has 0 aliphatic heterocycles. The summed E-state index contributed by atoms with van der Waals surface area (Å²) >= 11 is 6.39. The van der Waals surface area contributed by atoms with Crippen LogP contribution in [-0.2, 0) is 16.1 Å². The highest BCUT2D eigenvalue weighted by molar-refractivity contribution is 6.31. The second kappa shape index (κ2) is 7.80. The highest BCUT2D eigenvalue weighted by Crippen LogP contribution is 2.24. The number of halogens is 1. The van der Waals surface area contributed by atoms with E-state index in [9.17, 15) is 10.1 Å². The lowest BCUT2D eigenvalue weighted by atomic mass is 10.1. The molecule has 0 unspecified atom stereocenters. The molecule has 0 saturated heterocycles. The summed E-state index contributed by atoms with van der Waals surface area (Å²) in [5.74, 6) is -0.668. The fourth-order valence-electron chi connectivity index (χ4n) is 2.15. The second-order valence-corrected chi connectivity index (χ2v) is 5.92. The molecule has 0 saturated carbocycles. The Labute approximate surface area is 146 Å². The van der Waals surface area contributed by atoms with Crippen LogP contribution < -0.4 is 0 Å². The normalized spacial score (nSPS) is 11.4. The van der Waals surface area contributed by atoms with E-state index in [0.29, 0.717) is 23.0 Å². The molecule has 0 N–H and O–H groups in total. The maximum Gasteiger partial charge on any atom is 0.349 e. The van der Waals surface area contributed by atoms with E-state index in [1.807, 2.05) is 36.4 Å². The lowest BCUT2D eigenvalue weighted by Gasteiger charge is -2.06. The molecule has 0 aliphatic rings. The van der Waals surface area contributed by atoms with Crippen molar-refractivity contribution in [1.29, 1.82) is 5.26 Å². The van der Waals surface area contributed by atoms with Crippen LogP contribution in [0.1, 0.15) is 30.7 Å². The molecular weight excluding hydrogens is 326 g/mol. The summed E-state index contributed by atoms with van der Waals surface area (Å²) in [7, 11) is 0. The van der Waals surface area contributed by atoms with E-state index in [-0.39, 0.29) is 11.7 Å². The van der Waals surface area contributed by atoms with Gasteiger partial charge in [0.1, 0.15) is 16.8 Å². The second-order valence-electron chi connectivity index (χ2n) is 5.56. The van der Waals surface area contributed by atoms with Crippen molar-refractivity contribution in [2.45, 2.75) is 33.4 Å². The molecule has 5 nitrogen and oxygen atoms in total. The van der Waals surface area contributed by atoms with Crippen molar-refractivity contribution in [3.05, 3.63) is 57.9 Å². The Hall–Kier alpha value is -2.58. The minimum absolute atomic E-state index is 0.104. The van der Waals surface area contributed by atoms with E-state index in [2.05, 4.69) is 5.10 Å². The Morgan fingerprint density at radius 1 is 1.42 bits per heavy atom. The average Bonchev–Trinajstić information content (AvgIpc) is 2.79. The molecule has 6 heteroatoms. The molecule has 1 heterocycles. The zero-order chi connectivity index (χ0) is 17.7. The lowest BCUT2D eigenvalue weighted by Crippen LogP contribution is -2.12. The standard InChI is InChI=1S/C18H18ClN3O2/c1-12(2)24-18(23)15(10-20)9-16-13(3)21-22(17(16)19)11-14-7-5-4-6-8-14/h4-9,12H,11H2,1-3H3/b15-9+. The van der Waals surface area contributed by atoms with Gasteiger partial charge >= 0.3 is 5.97 Å². The minimum Gasteiger partial charge on any atom is -0.459 e. The van der Waals surface area contributed by atoms with E-state index in [1.54, 1.807) is 25.5 Å². The molecule has 0 atom stereocenters. The van der Waals surface area contributed by atoms with Gasteiger partial charge in [0.15, 0.2) is 0 Å². The Morgan fingerprint density at radius 3 is 2.67 bits per heavy atom. The predicted octanol–water partition coefficient (Wildman–Crippen LogP) is 3.75. The predicted molar refractivity (Wildman–Crippen MR) is 92.3 cm³/mol. The van der Waals surface area contributed by atoms with Gasteiger partial charge in [-0.1, -0.05) is 41.9 Å². The summed E-state index contributed by atoms with van der Waals surface area (Å²) in [6.45, 7) is 5.74. The highest BCUT2D eigenvalue weighted by Gasteiger charge is 2.17. The van der Waals surface area contributed by atoms with Gasteiger partial charge in [0.05, 0.1) is 18.3 Å². The van der Waals surface area contributed by atoms with Crippen LogP contribution in [0.4, 0.5) is 0 Å². The van der Waals surface area contributed by atoms with Gasteiger partial charge in [-0.05, 0) is 32.4 Å². The van der Waals surface area contributed by atoms with Crippen molar-refractivity contribution in [3.8, 4) is 6.07 Å². The van der Waals surface area contributed by atoms with Crippen LogP contribution in [0.15, 0.2) is 35.9 Å². The number of esters is 1. The molecule has 1 aromatic carbocycles. The molecule has 0 aliphatic carbocycles. The molecule has 124 valence electrons. The van der Waals surface area contributed by atoms with Gasteiger partial charge in [-0.15, -0.1) is 0 Å². The number of benzene rings is 1. The number of hydrogen-bond acceptors (Lipinski definition) is 4. The number of hydrogen-bond donors (Lipinski definition) is 0. The number of carbonyl (C=O) groups excluding carboxylic acids is 1. The van der Waals surface area contributed by atoms with Crippen LogP contribution in [0.5, 0.6) is 0 Å². The molecular formula is C18H18ClN3O2. The molecule has 1 aromatic heterocycles. The summed E-state index contributed by atoms with van der Waals surface area (Å²) in [6, 6.07) is 11.6. The maximum absolute atomic E-state index is 11.9. The SMILES string of the molecule is Cc1nn(Cc2ccccc2)c(Cl)c1/C=C(\C#N)C(=O)OC(C)C. The molecule has 24 heavy (non-hydrogen) atoms. The fraction of sp³-hybridized carbons (Fsp3) is 0.278. The Balaban J connectivity index is 2.33. The Kier molecular flexibility index (Phi) is 5.78. The van der Waals surface area contributed by atoms with Crippen LogP contribution in [0.3, 0.4) is 0 Å². The van der Waals surface area contributed by atoms with E-state index >= 15 is 0 Å². The van der Waals surface area contributed by atoms with E-state index < -0.39 is 5.97 Å². The van der Waals surface area contributed by atoms with Crippen LogP contribution in [0, 0.1) is 18.3 Å². The van der Waals surface area contributed by atoms with Gasteiger partial charge < -0.3 is 4.74 Å². The number of nitriles is 1. The van der Waals surface area contributed by atoms with Crippen molar-refractivity contribution in [2.75, 3.05) is 0 Å². The summed E-state index contributed by atoms with van der Waals surface area (Å²) in [4.78, 5) is 11.9. The zero-order valence-corrected chi connectivity index (χ0v) is 14.5. The van der Waals surface area contributed by atoms with Crippen molar-refractivity contribution >= 4 is 23.6 Å². The first-order valence-corrected chi connectivity index (χ1v) is 7.89. The Morgan fingerprint density at radius 2 is 2.08 bits per heavy atom. The number of aromatic nitrogens is 2. The van der Waals surface area contributed by atoms with Gasteiger partial charge in [0, 0.05) is 5.56 Å². The van der Waals surface area contributed by atoms with Crippen LogP contribution in [0.2, 0.25) is 5.15 Å². The maximum atomic E-state index is 11.9. The first-order chi connectivity index (χ1) is 11.4. The highest BCUT2D eigenvalue weighted by atomic mass is 35.5. The summed E-state index contributed by atoms with van der Waals surface area (Å²) in [5, 5.41) is 14.0. The molecule has 0 bridgehead atoms. The molecule has 0 amide bonds. The van der Waals surface area contributed by atoms with Gasteiger partial charge in [-0.25, -0.2) is 9.48 Å². The molecule has 2 aromatic rings. The average molecular weight is 344 g/mol. The minimum atomic E-state index is -0.668. The largest absolute Gasteiger partial charge is 0.459 e. The smallest absolute Gasteiger partial charge is 0.349 e. The number of nitrogens with zero attached hydrogens (tertiary/aromatic N) is 3. The van der Waals surface area contributed by atoms with E-state index in [1.165, 1.54) is 6.08 Å². The molecule has 0 radical (unpaired) electrons. The quantitative estimate of drug-likeness (QED) is 0.471. The summed E-state index contributed by atoms with van der Waals surface area (Å²) < 4.78 is 6.70. The molecule has 0 spiro atoms. The molecule has 2 rings (SSSR count). The number of carbonyl (C=O) groups is 1. The summed E-state index contributed by atoms with van der Waals surface area (Å²) in [5.41, 5.74) is 2.14. The number of rotatable bonds is 5. The van der Waals surface area contributed by atoms with E-state index in [0.717, 1.165) is 5.56 Å². The first-order valence-electron chi connectivity index (χ1n) is 7.52. The van der Waals surface area contributed by atoms with Crippen molar-refractivity contribution in [1.82, 2.24) is 9.78 Å². The lowest BCUT2D eigenvalue weighted by molar-refractivity contribution is -0.142. The van der Waals surface area contributed by atoms with E-state index in [4.69, 9.17) is 16.3 Å². The van der Waals surface area contributed by atoms with Gasteiger partial charge in [0.2, 0.25) is 0 Å². The zero-order valence-electron chi connectivity index (χ0n) is 13.8. The van der Waals surface area contributed by atoms with Crippen molar-refractivity contribution in [2.24, 2.45) is 0 Å². The van der Waals surface area contributed by atoms with Gasteiger partial charge in [-0.3, -0.25) is 0 Å². The van der Waals surface area contributed by atoms with Crippen molar-refractivity contribution in [3.63, 3.8) is 0 Å². The van der Waals surface area contributed by atoms with Crippen LogP contribution in [-0.4, -0.2) is 21.9 Å². The number of ether oxygens (including phenoxy) is 1. The Bertz CT molecular complexity index is 802. The van der Waals surface area contributed by atoms with Crippen molar-refractivity contribution < 1.29 is 9.53 Å². The topological polar surface area (TPSA) is 67.9 Å². The third kappa shape index (κ3) is 4.24. The first kappa shape index (κ1) is 17.8. The third-order valence-electron chi connectivity index (χ3n) is 3.26. The summed E-state index contributed by atoms with van der Waals surface area (Å²) in [6.07, 6.45) is 1.13. The molecule has 0 fully saturated rings. The van der Waals surface area contributed by atoms with Gasteiger partial charge in [-0.2, -0.15) is 10.4 Å². The monoisotopic (exact) mass is 343 g/mol. The van der Waals surface area contributed by atoms with Crippen LogP contribution >= 0.6 is 11.6 Å².